The predicted molar refractivity (Wildman–Crippen MR) is 138 cm³/mol. The molecule has 5 rings (SSSR count). The van der Waals surface area contributed by atoms with Gasteiger partial charge in [-0.2, -0.15) is 0 Å². The summed E-state index contributed by atoms with van der Waals surface area (Å²) in [6.45, 7) is 3.82. The highest BCUT2D eigenvalue weighted by Gasteiger charge is 2.27. The SMILES string of the molecule is CC(O)c1csc2c(NCc3ccccc3)c(C(=O)N3CCC(c4ccccc4)CC3)cnc12. The lowest BCUT2D eigenvalue weighted by molar-refractivity contribution is 0.0713. The number of likely N-dealkylation sites (tertiary alicyclic amines) is 1. The summed E-state index contributed by atoms with van der Waals surface area (Å²) in [5, 5.41) is 15.6. The van der Waals surface area contributed by atoms with E-state index < -0.39 is 6.10 Å². The maximum atomic E-state index is 13.7. The number of aromatic nitrogens is 1. The minimum Gasteiger partial charge on any atom is -0.389 e. The van der Waals surface area contributed by atoms with Crippen molar-refractivity contribution in [1.82, 2.24) is 9.88 Å². The van der Waals surface area contributed by atoms with Crippen molar-refractivity contribution in [3.8, 4) is 0 Å². The van der Waals surface area contributed by atoms with E-state index in [4.69, 9.17) is 0 Å². The molecule has 4 aromatic rings. The Hall–Kier alpha value is -3.22. The van der Waals surface area contributed by atoms with Crippen LogP contribution in [0.2, 0.25) is 0 Å². The van der Waals surface area contributed by atoms with Crippen molar-refractivity contribution in [3.63, 3.8) is 0 Å². The summed E-state index contributed by atoms with van der Waals surface area (Å²) < 4.78 is 0.914. The highest BCUT2D eigenvalue weighted by Crippen LogP contribution is 2.37. The van der Waals surface area contributed by atoms with E-state index in [1.165, 1.54) is 16.9 Å². The molecule has 1 amide bonds. The molecule has 2 aromatic carbocycles. The van der Waals surface area contributed by atoms with Gasteiger partial charge in [-0.1, -0.05) is 60.7 Å². The molecule has 5 nitrogen and oxygen atoms in total. The number of carbonyl (C=O) groups is 1. The first-order valence-electron chi connectivity index (χ1n) is 11.8. The van der Waals surface area contributed by atoms with E-state index in [0.29, 0.717) is 18.0 Å². The number of aliphatic hydroxyl groups is 1. The number of carbonyl (C=O) groups excluding carboxylic acids is 1. The Morgan fingerprint density at radius 3 is 2.47 bits per heavy atom. The fourth-order valence-electron chi connectivity index (χ4n) is 4.72. The van der Waals surface area contributed by atoms with E-state index in [9.17, 15) is 9.90 Å². The van der Waals surface area contributed by atoms with Crippen LogP contribution in [0.3, 0.4) is 0 Å². The third kappa shape index (κ3) is 4.56. The minimum atomic E-state index is -0.609. The number of amides is 1. The summed E-state index contributed by atoms with van der Waals surface area (Å²) in [4.78, 5) is 20.2. The molecule has 0 radical (unpaired) electrons. The Labute approximate surface area is 204 Å². The topological polar surface area (TPSA) is 65.5 Å². The zero-order valence-electron chi connectivity index (χ0n) is 19.3. The predicted octanol–water partition coefficient (Wildman–Crippen LogP) is 5.98. The van der Waals surface area contributed by atoms with Gasteiger partial charge in [0, 0.05) is 31.4 Å². The molecule has 174 valence electrons. The van der Waals surface area contributed by atoms with Crippen molar-refractivity contribution in [3.05, 3.63) is 94.5 Å². The number of piperidine rings is 1. The third-order valence-corrected chi connectivity index (χ3v) is 7.66. The van der Waals surface area contributed by atoms with Crippen LogP contribution < -0.4 is 5.32 Å². The maximum Gasteiger partial charge on any atom is 0.257 e. The second-order valence-electron chi connectivity index (χ2n) is 8.91. The van der Waals surface area contributed by atoms with Gasteiger partial charge in [-0.05, 0) is 42.2 Å². The van der Waals surface area contributed by atoms with E-state index >= 15 is 0 Å². The van der Waals surface area contributed by atoms with Crippen molar-refractivity contribution in [1.29, 1.82) is 0 Å². The van der Waals surface area contributed by atoms with Gasteiger partial charge in [0.05, 0.1) is 27.6 Å². The fourth-order valence-corrected chi connectivity index (χ4v) is 5.86. The number of pyridine rings is 1. The highest BCUT2D eigenvalue weighted by molar-refractivity contribution is 7.18. The average Bonchev–Trinajstić information content (AvgIpc) is 3.33. The summed E-state index contributed by atoms with van der Waals surface area (Å²) in [6.07, 6.45) is 2.99. The quantitative estimate of drug-likeness (QED) is 0.363. The molecule has 0 spiro atoms. The first-order valence-corrected chi connectivity index (χ1v) is 12.7. The summed E-state index contributed by atoms with van der Waals surface area (Å²) in [5.41, 5.74) is 5.45. The van der Waals surface area contributed by atoms with Crippen molar-refractivity contribution < 1.29 is 9.90 Å². The molecule has 3 heterocycles. The number of hydrogen-bond donors (Lipinski definition) is 2. The summed E-state index contributed by atoms with van der Waals surface area (Å²) >= 11 is 1.52. The molecule has 6 heteroatoms. The molecule has 1 aliphatic rings. The lowest BCUT2D eigenvalue weighted by Gasteiger charge is -2.32. The van der Waals surface area contributed by atoms with Gasteiger partial charge >= 0.3 is 0 Å². The lowest BCUT2D eigenvalue weighted by Crippen LogP contribution is -2.38. The average molecular weight is 472 g/mol. The van der Waals surface area contributed by atoms with Gasteiger partial charge in [-0.3, -0.25) is 9.78 Å². The van der Waals surface area contributed by atoms with Gasteiger partial charge < -0.3 is 15.3 Å². The molecule has 1 saturated heterocycles. The van der Waals surface area contributed by atoms with Crippen LogP contribution >= 0.6 is 11.3 Å². The Bertz CT molecular complexity index is 1260. The Balaban J connectivity index is 1.42. The Kier molecular flexibility index (Phi) is 6.61. The van der Waals surface area contributed by atoms with Crippen LogP contribution in [-0.4, -0.2) is 34.0 Å². The molecular formula is C28H29N3O2S. The second-order valence-corrected chi connectivity index (χ2v) is 9.79. The third-order valence-electron chi connectivity index (χ3n) is 6.66. The highest BCUT2D eigenvalue weighted by atomic mass is 32.1. The number of hydrogen-bond acceptors (Lipinski definition) is 5. The maximum absolute atomic E-state index is 13.7. The molecule has 0 bridgehead atoms. The monoisotopic (exact) mass is 471 g/mol. The van der Waals surface area contributed by atoms with E-state index in [1.54, 1.807) is 13.1 Å². The van der Waals surface area contributed by atoms with E-state index in [0.717, 1.165) is 53.0 Å². The van der Waals surface area contributed by atoms with Crippen LogP contribution in [0.5, 0.6) is 0 Å². The first kappa shape index (κ1) is 22.6. The number of thiophene rings is 1. The van der Waals surface area contributed by atoms with Crippen molar-refractivity contribution in [2.24, 2.45) is 0 Å². The molecule has 1 unspecified atom stereocenters. The number of fused-ring (bicyclic) bond motifs is 1. The van der Waals surface area contributed by atoms with E-state index in [2.05, 4.69) is 46.7 Å². The largest absolute Gasteiger partial charge is 0.389 e. The molecule has 34 heavy (non-hydrogen) atoms. The van der Waals surface area contributed by atoms with Crippen LogP contribution in [0, 0.1) is 0 Å². The van der Waals surface area contributed by atoms with Crippen LogP contribution in [0.15, 0.2) is 72.2 Å². The van der Waals surface area contributed by atoms with Gasteiger partial charge in [0.1, 0.15) is 0 Å². The van der Waals surface area contributed by atoms with Crippen molar-refractivity contribution in [2.75, 3.05) is 18.4 Å². The molecule has 2 aromatic heterocycles. The number of anilines is 1. The van der Waals surface area contributed by atoms with E-state index in [-0.39, 0.29) is 5.91 Å². The summed E-state index contributed by atoms with van der Waals surface area (Å²) in [5.74, 6) is 0.510. The van der Waals surface area contributed by atoms with Crippen LogP contribution in [0.1, 0.15) is 58.8 Å². The summed E-state index contributed by atoms with van der Waals surface area (Å²) in [7, 11) is 0. The number of rotatable bonds is 6. The van der Waals surface area contributed by atoms with Crippen molar-refractivity contribution in [2.45, 2.75) is 38.3 Å². The molecule has 2 N–H and O–H groups in total. The number of benzene rings is 2. The van der Waals surface area contributed by atoms with Gasteiger partial charge in [0.2, 0.25) is 0 Å². The number of aliphatic hydroxyl groups excluding tert-OH is 1. The van der Waals surface area contributed by atoms with Gasteiger partial charge in [0.25, 0.3) is 5.91 Å². The second kappa shape index (κ2) is 9.95. The molecular weight excluding hydrogens is 442 g/mol. The summed E-state index contributed by atoms with van der Waals surface area (Å²) in [6, 6.07) is 20.7. The van der Waals surface area contributed by atoms with Crippen molar-refractivity contribution >= 4 is 33.1 Å². The minimum absolute atomic E-state index is 0.0171. The Morgan fingerprint density at radius 2 is 1.79 bits per heavy atom. The smallest absolute Gasteiger partial charge is 0.257 e. The fraction of sp³-hybridized carbons (Fsp3) is 0.286. The molecule has 1 fully saturated rings. The molecule has 1 aliphatic heterocycles. The van der Waals surface area contributed by atoms with E-state index in [1.807, 2.05) is 34.5 Å². The zero-order chi connectivity index (χ0) is 23.5. The van der Waals surface area contributed by atoms with Gasteiger partial charge in [-0.25, -0.2) is 0 Å². The van der Waals surface area contributed by atoms with Gasteiger partial charge in [0.15, 0.2) is 0 Å². The number of nitrogens with one attached hydrogen (secondary N) is 1. The normalized spacial score (nSPS) is 15.4. The Morgan fingerprint density at radius 1 is 1.12 bits per heavy atom. The number of nitrogens with zero attached hydrogens (tertiary/aromatic N) is 2. The standard InChI is InChI=1S/C28H29N3O2S/c1-19(32)24-18-34-27-25(29-16-20-8-4-2-5-9-20)23(17-30-26(24)27)28(33)31-14-12-22(13-15-31)21-10-6-3-7-11-21/h2-11,17-19,22,32H,12-16H2,1H3,(H,29,30). The van der Waals surface area contributed by atoms with Crippen LogP contribution in [-0.2, 0) is 6.54 Å². The lowest BCUT2D eigenvalue weighted by atomic mass is 9.89. The van der Waals surface area contributed by atoms with Gasteiger partial charge in [-0.15, -0.1) is 11.3 Å². The van der Waals surface area contributed by atoms with Crippen LogP contribution in [0.25, 0.3) is 10.2 Å². The first-order chi connectivity index (χ1) is 16.6. The zero-order valence-corrected chi connectivity index (χ0v) is 20.1. The van der Waals surface area contributed by atoms with Crippen LogP contribution in [0.4, 0.5) is 5.69 Å². The molecule has 1 atom stereocenters. The molecule has 0 aliphatic carbocycles. The molecule has 0 saturated carbocycles.